The van der Waals surface area contributed by atoms with Crippen LogP contribution in [0.4, 0.5) is 0 Å². The van der Waals surface area contributed by atoms with Crippen molar-refractivity contribution in [3.63, 3.8) is 0 Å². The number of likely N-dealkylation sites (N-methyl/N-ethyl adjacent to an activating group) is 1. The number of Topliss-reactive ketones (excluding diaryl/α,β-unsaturated/α-hetero) is 1. The molecule has 4 heteroatoms. The number of ketones is 1. The standard InChI is InChI=1S/C17H28N2O.C8H9Cl.C2H6/c1-5-7-9-15(14(4)20)19-13(3)12-18(6-2)16-10-8-11-17(16)19;1-2-7-5-3-4-6-8(7)9;1-2/h9,16-17H,3,5-8,10-12H2,1-2,4H3;3-6H,2H2,1H3;1-2H3/b15-9-;;. The van der Waals surface area contributed by atoms with Gasteiger partial charge in [-0.05, 0) is 50.3 Å². The molecule has 2 fully saturated rings. The van der Waals surface area contributed by atoms with Gasteiger partial charge in [0.2, 0.25) is 0 Å². The van der Waals surface area contributed by atoms with Gasteiger partial charge in [0, 0.05) is 36.3 Å². The average molecular weight is 447 g/mol. The highest BCUT2D eigenvalue weighted by Crippen LogP contribution is 2.37. The van der Waals surface area contributed by atoms with E-state index < -0.39 is 0 Å². The summed E-state index contributed by atoms with van der Waals surface area (Å²) in [6, 6.07) is 8.95. The number of rotatable bonds is 6. The molecule has 0 aromatic heterocycles. The highest BCUT2D eigenvalue weighted by Gasteiger charge is 2.42. The van der Waals surface area contributed by atoms with Gasteiger partial charge in [-0.25, -0.2) is 0 Å². The molecule has 3 nitrogen and oxygen atoms in total. The number of aryl methyl sites for hydroxylation is 1. The maximum atomic E-state index is 12.1. The van der Waals surface area contributed by atoms with Crippen molar-refractivity contribution in [1.29, 1.82) is 0 Å². The van der Waals surface area contributed by atoms with E-state index in [0.29, 0.717) is 12.1 Å². The van der Waals surface area contributed by atoms with E-state index in [-0.39, 0.29) is 5.78 Å². The van der Waals surface area contributed by atoms with Gasteiger partial charge in [-0.2, -0.15) is 0 Å². The molecule has 174 valence electrons. The zero-order valence-electron chi connectivity index (χ0n) is 20.6. The highest BCUT2D eigenvalue weighted by atomic mass is 35.5. The summed E-state index contributed by atoms with van der Waals surface area (Å²) in [7, 11) is 0. The predicted molar refractivity (Wildman–Crippen MR) is 136 cm³/mol. The van der Waals surface area contributed by atoms with Gasteiger partial charge in [0.25, 0.3) is 0 Å². The minimum atomic E-state index is 0.176. The van der Waals surface area contributed by atoms with Gasteiger partial charge in [0.15, 0.2) is 5.78 Å². The van der Waals surface area contributed by atoms with Crippen molar-refractivity contribution in [3.8, 4) is 0 Å². The monoisotopic (exact) mass is 446 g/mol. The Labute approximate surface area is 196 Å². The average Bonchev–Trinajstić information content (AvgIpc) is 3.26. The molecular weight excluding hydrogens is 404 g/mol. The molecule has 1 saturated carbocycles. The number of allylic oxidation sites excluding steroid dienone is 2. The first-order chi connectivity index (χ1) is 14.9. The highest BCUT2D eigenvalue weighted by molar-refractivity contribution is 6.31. The summed E-state index contributed by atoms with van der Waals surface area (Å²) < 4.78 is 0. The molecule has 1 aromatic carbocycles. The van der Waals surface area contributed by atoms with Crippen LogP contribution < -0.4 is 0 Å². The van der Waals surface area contributed by atoms with Crippen LogP contribution >= 0.6 is 11.6 Å². The molecule has 0 bridgehead atoms. The summed E-state index contributed by atoms with van der Waals surface area (Å²) in [6.07, 6.45) is 8.86. The summed E-state index contributed by atoms with van der Waals surface area (Å²) in [5.41, 5.74) is 3.19. The van der Waals surface area contributed by atoms with Crippen molar-refractivity contribution in [2.24, 2.45) is 0 Å². The Hall–Kier alpha value is -1.58. The van der Waals surface area contributed by atoms with Crippen molar-refractivity contribution in [2.45, 2.75) is 92.2 Å². The lowest BCUT2D eigenvalue weighted by Gasteiger charge is -2.47. The van der Waals surface area contributed by atoms with Crippen LogP contribution in [0, 0.1) is 0 Å². The third kappa shape index (κ3) is 7.50. The van der Waals surface area contributed by atoms with Crippen LogP contribution in [-0.4, -0.2) is 40.8 Å². The summed E-state index contributed by atoms with van der Waals surface area (Å²) in [4.78, 5) is 16.9. The first-order valence-electron chi connectivity index (χ1n) is 12.1. The van der Waals surface area contributed by atoms with E-state index in [2.05, 4.69) is 43.2 Å². The number of carbonyl (C=O) groups is 1. The molecule has 1 aliphatic heterocycles. The van der Waals surface area contributed by atoms with Crippen LogP contribution in [0.5, 0.6) is 0 Å². The van der Waals surface area contributed by atoms with Gasteiger partial charge in [-0.1, -0.05) is 83.5 Å². The zero-order valence-corrected chi connectivity index (χ0v) is 21.3. The zero-order chi connectivity index (χ0) is 23.4. The first kappa shape index (κ1) is 27.5. The van der Waals surface area contributed by atoms with E-state index in [0.717, 1.165) is 48.8 Å². The summed E-state index contributed by atoms with van der Waals surface area (Å²) in [5, 5.41) is 0.875. The molecule has 1 heterocycles. The van der Waals surface area contributed by atoms with Crippen LogP contribution in [0.3, 0.4) is 0 Å². The maximum absolute atomic E-state index is 12.1. The number of fused-ring (bicyclic) bond motifs is 1. The lowest BCUT2D eigenvalue weighted by atomic mass is 10.0. The second kappa shape index (κ2) is 14.5. The fourth-order valence-electron chi connectivity index (χ4n) is 4.48. The first-order valence-corrected chi connectivity index (χ1v) is 12.5. The molecule has 0 radical (unpaired) electrons. The molecule has 2 atom stereocenters. The van der Waals surface area contributed by atoms with Gasteiger partial charge in [0.05, 0.1) is 5.70 Å². The van der Waals surface area contributed by atoms with E-state index >= 15 is 0 Å². The Morgan fingerprint density at radius 1 is 1.16 bits per heavy atom. The van der Waals surface area contributed by atoms with E-state index in [4.69, 9.17) is 11.6 Å². The number of halogens is 1. The second-order valence-electron chi connectivity index (χ2n) is 7.94. The Kier molecular flexibility index (Phi) is 12.8. The molecule has 1 saturated heterocycles. The summed E-state index contributed by atoms with van der Waals surface area (Å²) in [5.74, 6) is 0.176. The molecule has 1 aromatic rings. The third-order valence-corrected chi connectivity index (χ3v) is 6.33. The van der Waals surface area contributed by atoms with Crippen molar-refractivity contribution < 1.29 is 4.79 Å². The topological polar surface area (TPSA) is 23.6 Å². The number of nitrogens with zero attached hydrogens (tertiary/aromatic N) is 2. The van der Waals surface area contributed by atoms with Crippen molar-refractivity contribution in [1.82, 2.24) is 9.80 Å². The number of carbonyl (C=O) groups excluding carboxylic acids is 1. The maximum Gasteiger partial charge on any atom is 0.175 e. The van der Waals surface area contributed by atoms with Crippen molar-refractivity contribution in [3.05, 3.63) is 58.9 Å². The van der Waals surface area contributed by atoms with Gasteiger partial charge in [-0.15, -0.1) is 0 Å². The number of hydrogen-bond donors (Lipinski definition) is 0. The van der Waals surface area contributed by atoms with Crippen LogP contribution in [-0.2, 0) is 11.2 Å². The molecule has 1 aliphatic carbocycles. The van der Waals surface area contributed by atoms with Gasteiger partial charge in [-0.3, -0.25) is 9.69 Å². The predicted octanol–water partition coefficient (Wildman–Crippen LogP) is 7.26. The van der Waals surface area contributed by atoms with Crippen molar-refractivity contribution >= 4 is 17.4 Å². The Morgan fingerprint density at radius 2 is 1.81 bits per heavy atom. The van der Waals surface area contributed by atoms with Crippen LogP contribution in [0.15, 0.2) is 48.3 Å². The molecule has 3 rings (SSSR count). The Bertz CT molecular complexity index is 728. The number of unbranched alkanes of at least 4 members (excludes halogenated alkanes) is 1. The lowest BCUT2D eigenvalue weighted by molar-refractivity contribution is -0.115. The molecule has 31 heavy (non-hydrogen) atoms. The number of benzene rings is 1. The largest absolute Gasteiger partial charge is 0.337 e. The van der Waals surface area contributed by atoms with Gasteiger partial charge >= 0.3 is 0 Å². The molecule has 2 unspecified atom stereocenters. The van der Waals surface area contributed by atoms with E-state index in [9.17, 15) is 4.79 Å². The van der Waals surface area contributed by atoms with Gasteiger partial charge < -0.3 is 4.90 Å². The lowest BCUT2D eigenvalue weighted by Crippen LogP contribution is -2.55. The Morgan fingerprint density at radius 3 is 2.32 bits per heavy atom. The summed E-state index contributed by atoms with van der Waals surface area (Å²) >= 11 is 5.82. The normalized spacial score (nSPS) is 20.9. The smallest absolute Gasteiger partial charge is 0.175 e. The van der Waals surface area contributed by atoms with Crippen LogP contribution in [0.1, 0.15) is 79.2 Å². The minimum absolute atomic E-state index is 0.176. The molecule has 0 amide bonds. The van der Waals surface area contributed by atoms with E-state index in [1.165, 1.54) is 24.8 Å². The van der Waals surface area contributed by atoms with E-state index in [1.807, 2.05) is 38.1 Å². The molecule has 2 aliphatic rings. The van der Waals surface area contributed by atoms with Gasteiger partial charge in [0.1, 0.15) is 0 Å². The van der Waals surface area contributed by atoms with E-state index in [1.54, 1.807) is 6.92 Å². The fraction of sp³-hybridized carbons (Fsp3) is 0.593. The number of piperazine rings is 1. The second-order valence-corrected chi connectivity index (χ2v) is 8.35. The molecular formula is C27H43ClN2O. The minimum Gasteiger partial charge on any atom is -0.337 e. The third-order valence-electron chi connectivity index (χ3n) is 5.96. The Balaban J connectivity index is 0.000000365. The number of hydrogen-bond acceptors (Lipinski definition) is 3. The molecule has 0 spiro atoms. The molecule has 0 N–H and O–H groups in total. The fourth-order valence-corrected chi connectivity index (χ4v) is 4.75. The SMILES string of the molecule is C=C1CN(CC)C2CCCC2N1/C(=C\CCC)C(C)=O.CC.CCc1ccccc1Cl. The van der Waals surface area contributed by atoms with Crippen LogP contribution in [0.25, 0.3) is 0 Å². The quantitative estimate of drug-likeness (QED) is 0.429. The summed E-state index contributed by atoms with van der Waals surface area (Å²) in [6.45, 7) is 18.4. The van der Waals surface area contributed by atoms with Crippen LogP contribution in [0.2, 0.25) is 5.02 Å². The van der Waals surface area contributed by atoms with Crippen molar-refractivity contribution in [2.75, 3.05) is 13.1 Å².